The fourth-order valence-corrected chi connectivity index (χ4v) is 5.09. The first kappa shape index (κ1) is 23.4. The van der Waals surface area contributed by atoms with Gasteiger partial charge in [0.25, 0.3) is 5.69 Å². The van der Waals surface area contributed by atoms with E-state index in [4.69, 9.17) is 0 Å². The molecule has 10 nitrogen and oxygen atoms in total. The number of nitrogens with one attached hydrogen (secondary N) is 1. The van der Waals surface area contributed by atoms with Gasteiger partial charge in [-0.05, 0) is 18.1 Å². The Morgan fingerprint density at radius 1 is 1.06 bits per heavy atom. The molecule has 0 aliphatic carbocycles. The van der Waals surface area contributed by atoms with Crippen LogP contribution in [0.25, 0.3) is 0 Å². The topological polar surface area (TPSA) is 130 Å². The third-order valence-electron chi connectivity index (χ3n) is 5.24. The van der Waals surface area contributed by atoms with E-state index in [0.717, 1.165) is 11.6 Å². The Labute approximate surface area is 186 Å². The van der Waals surface area contributed by atoms with Gasteiger partial charge in [0.15, 0.2) is 0 Å². The minimum atomic E-state index is -3.94. The molecule has 2 amide bonds. The molecule has 3 rings (SSSR count). The minimum absolute atomic E-state index is 0.0637. The van der Waals surface area contributed by atoms with Gasteiger partial charge in [-0.25, -0.2) is 8.42 Å². The van der Waals surface area contributed by atoms with Crippen molar-refractivity contribution in [3.63, 3.8) is 0 Å². The third kappa shape index (κ3) is 5.48. The van der Waals surface area contributed by atoms with Crippen LogP contribution in [-0.4, -0.2) is 67.1 Å². The summed E-state index contributed by atoms with van der Waals surface area (Å²) in [6.07, 6.45) is 0.169. The average Bonchev–Trinajstić information content (AvgIpc) is 2.78. The number of hydrogen-bond acceptors (Lipinski definition) is 6. The van der Waals surface area contributed by atoms with Gasteiger partial charge >= 0.3 is 0 Å². The molecule has 0 radical (unpaired) electrons. The number of benzene rings is 2. The lowest BCUT2D eigenvalue weighted by atomic mass is 10.1. The van der Waals surface area contributed by atoms with Crippen LogP contribution >= 0.6 is 0 Å². The number of carbonyl (C=O) groups excluding carboxylic acids is 2. The van der Waals surface area contributed by atoms with Gasteiger partial charge in [0.05, 0.1) is 22.8 Å². The summed E-state index contributed by atoms with van der Waals surface area (Å²) in [6, 6.07) is 12.9. The van der Waals surface area contributed by atoms with E-state index >= 15 is 0 Å². The summed E-state index contributed by atoms with van der Waals surface area (Å²) in [6.45, 7) is 1.88. The Hall–Kier alpha value is -3.31. The zero-order chi connectivity index (χ0) is 23.3. The zero-order valence-electron chi connectivity index (χ0n) is 17.6. The summed E-state index contributed by atoms with van der Waals surface area (Å²) in [5.74, 6) is -0.568. The van der Waals surface area contributed by atoms with Crippen LogP contribution in [0.3, 0.4) is 0 Å². The van der Waals surface area contributed by atoms with Crippen molar-refractivity contribution in [2.75, 3.05) is 32.7 Å². The van der Waals surface area contributed by atoms with E-state index in [1.165, 1.54) is 21.3 Å². The van der Waals surface area contributed by atoms with Crippen molar-refractivity contribution < 1.29 is 22.9 Å². The molecule has 0 bridgehead atoms. The summed E-state index contributed by atoms with van der Waals surface area (Å²) >= 11 is 0. The molecular formula is C21H24N4O6S. The number of sulfonamides is 1. The maximum absolute atomic E-state index is 13.0. The minimum Gasteiger partial charge on any atom is -0.347 e. The van der Waals surface area contributed by atoms with Gasteiger partial charge in [-0.1, -0.05) is 36.4 Å². The first-order valence-corrected chi connectivity index (χ1v) is 11.5. The molecular weight excluding hydrogens is 436 g/mol. The summed E-state index contributed by atoms with van der Waals surface area (Å²) in [5, 5.41) is 13.6. The average molecular weight is 461 g/mol. The highest BCUT2D eigenvalue weighted by Crippen LogP contribution is 2.25. The summed E-state index contributed by atoms with van der Waals surface area (Å²) < 4.78 is 27.2. The number of carbonyl (C=O) groups is 2. The van der Waals surface area contributed by atoms with Crippen LogP contribution in [0.1, 0.15) is 11.1 Å². The lowest BCUT2D eigenvalue weighted by molar-refractivity contribution is -0.385. The summed E-state index contributed by atoms with van der Waals surface area (Å²) in [5.41, 5.74) is 0.956. The number of amides is 2. The highest BCUT2D eigenvalue weighted by atomic mass is 32.2. The molecule has 1 saturated heterocycles. The Morgan fingerprint density at radius 3 is 2.34 bits per heavy atom. The molecule has 2 aromatic carbocycles. The first-order chi connectivity index (χ1) is 15.2. The SMILES string of the molecule is Cc1ccc([N+](=O)[O-])cc1S(=O)(=O)N1CCN(C(=O)CNC(=O)Cc2ccccc2)CC1. The van der Waals surface area contributed by atoms with Crippen molar-refractivity contribution >= 4 is 27.5 Å². The fourth-order valence-electron chi connectivity index (χ4n) is 3.43. The molecule has 1 fully saturated rings. The van der Waals surface area contributed by atoms with Crippen molar-refractivity contribution in [2.45, 2.75) is 18.2 Å². The van der Waals surface area contributed by atoms with Crippen LogP contribution < -0.4 is 5.32 Å². The smallest absolute Gasteiger partial charge is 0.270 e. The molecule has 1 aliphatic rings. The van der Waals surface area contributed by atoms with E-state index in [1.54, 1.807) is 6.92 Å². The van der Waals surface area contributed by atoms with Crippen LogP contribution in [0, 0.1) is 17.0 Å². The van der Waals surface area contributed by atoms with Gasteiger partial charge in [-0.3, -0.25) is 19.7 Å². The molecule has 170 valence electrons. The second-order valence-electron chi connectivity index (χ2n) is 7.43. The molecule has 1 N–H and O–H groups in total. The van der Waals surface area contributed by atoms with Gasteiger partial charge < -0.3 is 10.2 Å². The first-order valence-electron chi connectivity index (χ1n) is 10.0. The van der Waals surface area contributed by atoms with Gasteiger partial charge in [0.2, 0.25) is 21.8 Å². The van der Waals surface area contributed by atoms with Crippen molar-refractivity contribution in [1.82, 2.24) is 14.5 Å². The maximum Gasteiger partial charge on any atom is 0.270 e. The van der Waals surface area contributed by atoms with E-state index in [2.05, 4.69) is 5.32 Å². The van der Waals surface area contributed by atoms with E-state index in [-0.39, 0.29) is 61.5 Å². The predicted octanol–water partition coefficient (Wildman–Crippen LogP) is 1.10. The molecule has 0 spiro atoms. The Balaban J connectivity index is 1.55. The van der Waals surface area contributed by atoms with Crippen LogP contribution in [0.5, 0.6) is 0 Å². The van der Waals surface area contributed by atoms with Crippen molar-refractivity contribution in [3.8, 4) is 0 Å². The quantitative estimate of drug-likeness (QED) is 0.486. The number of nitro groups is 1. The lowest BCUT2D eigenvalue weighted by Gasteiger charge is -2.34. The molecule has 0 unspecified atom stereocenters. The van der Waals surface area contributed by atoms with E-state index in [1.807, 2.05) is 30.3 Å². The Morgan fingerprint density at radius 2 is 1.72 bits per heavy atom. The maximum atomic E-state index is 13.0. The summed E-state index contributed by atoms with van der Waals surface area (Å²) in [4.78, 5) is 36.2. The lowest BCUT2D eigenvalue weighted by Crippen LogP contribution is -2.52. The van der Waals surface area contributed by atoms with Gasteiger partial charge in [-0.15, -0.1) is 0 Å². The highest BCUT2D eigenvalue weighted by molar-refractivity contribution is 7.89. The monoisotopic (exact) mass is 460 g/mol. The van der Waals surface area contributed by atoms with Crippen LogP contribution in [0.4, 0.5) is 5.69 Å². The Kier molecular flexibility index (Phi) is 7.21. The van der Waals surface area contributed by atoms with Gasteiger partial charge in [0, 0.05) is 38.3 Å². The molecule has 32 heavy (non-hydrogen) atoms. The molecule has 0 atom stereocenters. The number of non-ortho nitro benzene ring substituents is 1. The van der Waals surface area contributed by atoms with E-state index in [9.17, 15) is 28.1 Å². The second kappa shape index (κ2) is 9.88. The van der Waals surface area contributed by atoms with E-state index in [0.29, 0.717) is 5.56 Å². The fraction of sp³-hybridized carbons (Fsp3) is 0.333. The van der Waals surface area contributed by atoms with Crippen LogP contribution in [0.15, 0.2) is 53.4 Å². The summed E-state index contributed by atoms with van der Waals surface area (Å²) in [7, 11) is -3.94. The standard InChI is InChI=1S/C21H24N4O6S/c1-16-7-8-18(25(28)29)14-19(16)32(30,31)24-11-9-23(10-12-24)21(27)15-22-20(26)13-17-5-3-2-4-6-17/h2-8,14H,9-13,15H2,1H3,(H,22,26). The van der Waals surface area contributed by atoms with Gasteiger partial charge in [-0.2, -0.15) is 4.31 Å². The predicted molar refractivity (Wildman–Crippen MR) is 116 cm³/mol. The third-order valence-corrected chi connectivity index (χ3v) is 7.28. The molecule has 11 heteroatoms. The van der Waals surface area contributed by atoms with E-state index < -0.39 is 14.9 Å². The van der Waals surface area contributed by atoms with Crippen LogP contribution in [-0.2, 0) is 26.0 Å². The number of aryl methyl sites for hydroxylation is 1. The highest BCUT2D eigenvalue weighted by Gasteiger charge is 2.32. The molecule has 0 saturated carbocycles. The Bertz CT molecular complexity index is 1110. The largest absolute Gasteiger partial charge is 0.347 e. The molecule has 1 aliphatic heterocycles. The molecule has 1 heterocycles. The van der Waals surface area contributed by atoms with Crippen molar-refractivity contribution in [2.24, 2.45) is 0 Å². The zero-order valence-corrected chi connectivity index (χ0v) is 18.4. The number of hydrogen-bond donors (Lipinski definition) is 1. The van der Waals surface area contributed by atoms with Crippen molar-refractivity contribution in [3.05, 3.63) is 69.8 Å². The second-order valence-corrected chi connectivity index (χ2v) is 9.34. The number of nitro benzene ring substituents is 1. The van der Waals surface area contributed by atoms with Gasteiger partial charge in [0.1, 0.15) is 0 Å². The van der Waals surface area contributed by atoms with Crippen LogP contribution in [0.2, 0.25) is 0 Å². The number of nitrogens with zero attached hydrogens (tertiary/aromatic N) is 3. The van der Waals surface area contributed by atoms with Crippen molar-refractivity contribution in [1.29, 1.82) is 0 Å². The molecule has 2 aromatic rings. The normalized spacial score (nSPS) is 14.7. The number of piperazine rings is 1. The number of rotatable bonds is 7. The molecule has 0 aromatic heterocycles.